The number of nitrogens with zero attached hydrogens (tertiary/aromatic N) is 3. The zero-order valence-corrected chi connectivity index (χ0v) is 14.9. The van der Waals surface area contributed by atoms with Gasteiger partial charge in [-0.1, -0.05) is 18.2 Å². The molecule has 1 amide bonds. The molecule has 1 aromatic heterocycles. The van der Waals surface area contributed by atoms with Crippen LogP contribution in [0.3, 0.4) is 0 Å². The number of carboxylic acid groups (broad SMARTS) is 1. The Labute approximate surface area is 159 Å². The summed E-state index contributed by atoms with van der Waals surface area (Å²) < 4.78 is 39.3. The average Bonchev–Trinajstić information content (AvgIpc) is 3.14. The van der Waals surface area contributed by atoms with Crippen LogP contribution in [0.2, 0.25) is 0 Å². The number of carbonyl (C=O) groups is 2. The Kier molecular flexibility index (Phi) is 5.26. The zero-order valence-electron chi connectivity index (χ0n) is 14.9. The molecule has 0 spiro atoms. The first-order valence-corrected chi connectivity index (χ1v) is 8.52. The SMILES string of the molecule is CN(c1ccccc1)c1ccc(C(=O)N2C[C@@H](C(F)(F)F)[C@H](C(=O)O)C2)cn1. The molecule has 0 saturated carbocycles. The third kappa shape index (κ3) is 3.92. The van der Waals surface area contributed by atoms with E-state index in [2.05, 4.69) is 4.98 Å². The van der Waals surface area contributed by atoms with Crippen molar-refractivity contribution in [3.8, 4) is 0 Å². The normalized spacial score (nSPS) is 19.5. The summed E-state index contributed by atoms with van der Waals surface area (Å²) in [6.45, 7) is -1.16. The maximum atomic E-state index is 13.1. The third-order valence-corrected chi connectivity index (χ3v) is 4.83. The van der Waals surface area contributed by atoms with E-state index in [9.17, 15) is 22.8 Å². The van der Waals surface area contributed by atoms with Gasteiger partial charge in [-0.05, 0) is 24.3 Å². The number of alkyl halides is 3. The van der Waals surface area contributed by atoms with Crippen molar-refractivity contribution in [3.05, 3.63) is 54.2 Å². The van der Waals surface area contributed by atoms with Crippen LogP contribution in [-0.2, 0) is 4.79 Å². The molecule has 1 aromatic carbocycles. The van der Waals surface area contributed by atoms with Gasteiger partial charge in [0.1, 0.15) is 5.82 Å². The standard InChI is InChI=1S/C19H18F3N3O3/c1-24(13-5-3-2-4-6-13)16-8-7-12(9-23-16)17(26)25-10-14(18(27)28)15(11-25)19(20,21)22/h2-9,14-15H,10-11H2,1H3,(H,27,28)/t14-,15-/m1/s1. The fourth-order valence-corrected chi connectivity index (χ4v) is 3.23. The monoisotopic (exact) mass is 393 g/mol. The summed E-state index contributed by atoms with van der Waals surface area (Å²) in [6, 6.07) is 12.4. The number of hydrogen-bond donors (Lipinski definition) is 1. The van der Waals surface area contributed by atoms with Crippen LogP contribution < -0.4 is 4.90 Å². The molecule has 1 saturated heterocycles. The van der Waals surface area contributed by atoms with Crippen molar-refractivity contribution in [1.82, 2.24) is 9.88 Å². The average molecular weight is 393 g/mol. The highest BCUT2D eigenvalue weighted by Crippen LogP contribution is 2.38. The van der Waals surface area contributed by atoms with Crippen LogP contribution in [0.15, 0.2) is 48.7 Å². The second kappa shape index (κ2) is 7.49. The van der Waals surface area contributed by atoms with Crippen LogP contribution in [0.1, 0.15) is 10.4 Å². The van der Waals surface area contributed by atoms with E-state index in [-0.39, 0.29) is 5.56 Å². The molecular weight excluding hydrogens is 375 g/mol. The van der Waals surface area contributed by atoms with Crippen LogP contribution in [0.4, 0.5) is 24.7 Å². The molecule has 0 radical (unpaired) electrons. The summed E-state index contributed by atoms with van der Waals surface area (Å²) >= 11 is 0. The number of aliphatic carboxylic acids is 1. The van der Waals surface area contributed by atoms with E-state index in [4.69, 9.17) is 5.11 Å². The Bertz CT molecular complexity index is 856. The van der Waals surface area contributed by atoms with Gasteiger partial charge in [0.25, 0.3) is 5.91 Å². The predicted molar refractivity (Wildman–Crippen MR) is 95.3 cm³/mol. The molecule has 28 heavy (non-hydrogen) atoms. The Balaban J connectivity index is 1.75. The minimum atomic E-state index is -4.68. The first-order valence-electron chi connectivity index (χ1n) is 8.52. The van der Waals surface area contributed by atoms with Gasteiger partial charge in [0.05, 0.1) is 17.4 Å². The summed E-state index contributed by atoms with van der Waals surface area (Å²) in [7, 11) is 1.80. The number of likely N-dealkylation sites (tertiary alicyclic amines) is 1. The second-order valence-electron chi connectivity index (χ2n) is 6.60. The van der Waals surface area contributed by atoms with Crippen LogP contribution >= 0.6 is 0 Å². The maximum absolute atomic E-state index is 13.1. The quantitative estimate of drug-likeness (QED) is 0.864. The first-order chi connectivity index (χ1) is 13.2. The molecule has 2 atom stereocenters. The van der Waals surface area contributed by atoms with E-state index in [0.29, 0.717) is 5.82 Å². The van der Waals surface area contributed by atoms with Gasteiger partial charge in [-0.2, -0.15) is 13.2 Å². The fourth-order valence-electron chi connectivity index (χ4n) is 3.23. The molecule has 3 rings (SSSR count). The molecule has 148 valence electrons. The molecule has 9 heteroatoms. The minimum absolute atomic E-state index is 0.108. The number of amides is 1. The molecule has 2 heterocycles. The van der Waals surface area contributed by atoms with Crippen LogP contribution in [0.5, 0.6) is 0 Å². The Morgan fingerprint density at radius 2 is 1.82 bits per heavy atom. The lowest BCUT2D eigenvalue weighted by atomic mass is 9.96. The van der Waals surface area contributed by atoms with Crippen LogP contribution in [0, 0.1) is 11.8 Å². The summed E-state index contributed by atoms with van der Waals surface area (Å²) in [6.07, 6.45) is -3.40. The van der Waals surface area contributed by atoms with Crippen molar-refractivity contribution in [2.45, 2.75) is 6.18 Å². The summed E-state index contributed by atoms with van der Waals surface area (Å²) in [4.78, 5) is 30.6. The van der Waals surface area contributed by atoms with Gasteiger partial charge in [-0.3, -0.25) is 9.59 Å². The number of benzene rings is 1. The van der Waals surface area contributed by atoms with Crippen molar-refractivity contribution in [3.63, 3.8) is 0 Å². The van der Waals surface area contributed by atoms with Crippen molar-refractivity contribution in [1.29, 1.82) is 0 Å². The highest BCUT2D eigenvalue weighted by molar-refractivity contribution is 5.94. The molecule has 2 aromatic rings. The van der Waals surface area contributed by atoms with Gasteiger partial charge in [0.15, 0.2) is 0 Å². The summed E-state index contributed by atoms with van der Waals surface area (Å²) in [5.74, 6) is -5.42. The van der Waals surface area contributed by atoms with E-state index < -0.39 is 43.0 Å². The van der Waals surface area contributed by atoms with E-state index in [1.165, 1.54) is 12.3 Å². The molecule has 1 N–H and O–H groups in total. The topological polar surface area (TPSA) is 73.7 Å². The van der Waals surface area contributed by atoms with E-state index in [1.807, 2.05) is 30.3 Å². The summed E-state index contributed by atoms with van der Waals surface area (Å²) in [5, 5.41) is 9.07. The van der Waals surface area contributed by atoms with E-state index in [0.717, 1.165) is 10.6 Å². The third-order valence-electron chi connectivity index (χ3n) is 4.83. The number of halogens is 3. The van der Waals surface area contributed by atoms with Crippen molar-refractivity contribution in [2.75, 3.05) is 25.0 Å². The van der Waals surface area contributed by atoms with Crippen LogP contribution in [0.25, 0.3) is 0 Å². The lowest BCUT2D eigenvalue weighted by Crippen LogP contribution is -2.34. The molecule has 0 unspecified atom stereocenters. The van der Waals surface area contributed by atoms with Crippen molar-refractivity contribution >= 4 is 23.4 Å². The van der Waals surface area contributed by atoms with E-state index in [1.54, 1.807) is 18.0 Å². The van der Waals surface area contributed by atoms with Crippen molar-refractivity contribution < 1.29 is 27.9 Å². The molecule has 0 aliphatic carbocycles. The Hall–Kier alpha value is -3.10. The fraction of sp³-hybridized carbons (Fsp3) is 0.316. The number of carbonyl (C=O) groups excluding carboxylic acids is 1. The molecule has 1 fully saturated rings. The highest BCUT2D eigenvalue weighted by Gasteiger charge is 2.53. The van der Waals surface area contributed by atoms with Crippen molar-refractivity contribution in [2.24, 2.45) is 11.8 Å². The zero-order chi connectivity index (χ0) is 20.5. The smallest absolute Gasteiger partial charge is 0.394 e. The Morgan fingerprint density at radius 3 is 2.32 bits per heavy atom. The molecule has 1 aliphatic rings. The molecule has 0 bridgehead atoms. The predicted octanol–water partition coefficient (Wildman–Crippen LogP) is 3.18. The van der Waals surface area contributed by atoms with Gasteiger partial charge >= 0.3 is 12.1 Å². The summed E-state index contributed by atoms with van der Waals surface area (Å²) in [5.41, 5.74) is 0.989. The second-order valence-corrected chi connectivity index (χ2v) is 6.60. The van der Waals surface area contributed by atoms with Crippen LogP contribution in [-0.4, -0.2) is 53.2 Å². The lowest BCUT2D eigenvalue weighted by molar-refractivity contribution is -0.187. The molecular formula is C19H18F3N3O3. The number of para-hydroxylation sites is 1. The number of anilines is 2. The van der Waals surface area contributed by atoms with Gasteiger partial charge in [0, 0.05) is 32.0 Å². The minimum Gasteiger partial charge on any atom is -0.481 e. The number of aromatic nitrogens is 1. The lowest BCUT2D eigenvalue weighted by Gasteiger charge is -2.20. The van der Waals surface area contributed by atoms with Gasteiger partial charge < -0.3 is 14.9 Å². The Morgan fingerprint density at radius 1 is 1.14 bits per heavy atom. The number of rotatable bonds is 4. The largest absolute Gasteiger partial charge is 0.481 e. The molecule has 6 nitrogen and oxygen atoms in total. The number of carboxylic acids is 1. The van der Waals surface area contributed by atoms with Gasteiger partial charge in [-0.15, -0.1) is 0 Å². The number of hydrogen-bond acceptors (Lipinski definition) is 4. The van der Waals surface area contributed by atoms with Gasteiger partial charge in [-0.25, -0.2) is 4.98 Å². The number of pyridine rings is 1. The van der Waals surface area contributed by atoms with E-state index >= 15 is 0 Å². The van der Waals surface area contributed by atoms with Gasteiger partial charge in [0.2, 0.25) is 0 Å². The maximum Gasteiger partial charge on any atom is 0.394 e. The highest BCUT2D eigenvalue weighted by atomic mass is 19.4. The first kappa shape index (κ1) is 19.7. The molecule has 1 aliphatic heterocycles.